The number of rotatable bonds is 12. The Morgan fingerprint density at radius 3 is 2.19 bits per heavy atom. The van der Waals surface area contributed by atoms with E-state index < -0.39 is 0 Å². The molecule has 0 fully saturated rings. The minimum absolute atomic E-state index is 0.0878. The molecule has 21 heavy (non-hydrogen) atoms. The van der Waals surface area contributed by atoms with Crippen LogP contribution in [-0.2, 0) is 18.9 Å². The number of ether oxygens (including phenoxy) is 4. The first-order valence-corrected chi connectivity index (χ1v) is 7.97. The second-order valence-electron chi connectivity index (χ2n) is 4.91. The van der Waals surface area contributed by atoms with Gasteiger partial charge in [-0.25, -0.2) is 0 Å². The summed E-state index contributed by atoms with van der Waals surface area (Å²) in [6.07, 6.45) is 5.82. The maximum atomic E-state index is 5.72. The molecule has 1 aliphatic carbocycles. The van der Waals surface area contributed by atoms with Crippen molar-refractivity contribution in [3.8, 4) is 11.8 Å². The summed E-state index contributed by atoms with van der Waals surface area (Å²) in [5.41, 5.74) is 5.30. The first-order valence-electron chi connectivity index (χ1n) is 7.97. The minimum atomic E-state index is 0.0878. The molecular formula is C16H29NO4. The molecule has 1 atom stereocenters. The number of nitrogens with two attached hydrogens (primary N) is 1. The van der Waals surface area contributed by atoms with E-state index in [-0.39, 0.29) is 6.10 Å². The fourth-order valence-corrected chi connectivity index (χ4v) is 1.98. The molecule has 0 aromatic rings. The summed E-state index contributed by atoms with van der Waals surface area (Å²) < 4.78 is 21.7. The van der Waals surface area contributed by atoms with Crippen molar-refractivity contribution in [2.24, 2.45) is 5.73 Å². The van der Waals surface area contributed by atoms with Gasteiger partial charge in [0.1, 0.15) is 6.10 Å². The average molecular weight is 299 g/mol. The standard InChI is InChI=1S/C16H29NO4/c17-8-9-18-10-11-19-12-13-20-14-15-21-16-6-4-2-1-3-5-7-16/h16H,1-4,6,8-15,17H2. The molecule has 0 radical (unpaired) electrons. The van der Waals surface area contributed by atoms with E-state index in [4.69, 9.17) is 24.7 Å². The third-order valence-electron chi connectivity index (χ3n) is 3.08. The van der Waals surface area contributed by atoms with Gasteiger partial charge in [0.05, 0.1) is 46.2 Å². The quantitative estimate of drug-likeness (QED) is 0.435. The van der Waals surface area contributed by atoms with Gasteiger partial charge in [-0.2, -0.15) is 0 Å². The van der Waals surface area contributed by atoms with Gasteiger partial charge >= 0.3 is 0 Å². The van der Waals surface area contributed by atoms with Gasteiger partial charge in [-0.15, -0.1) is 5.92 Å². The van der Waals surface area contributed by atoms with Crippen molar-refractivity contribution in [2.75, 3.05) is 52.8 Å². The molecule has 5 nitrogen and oxygen atoms in total. The SMILES string of the molecule is NCCOCCOCCOCCOC1C#CCCCCC1. The van der Waals surface area contributed by atoms with Crippen LogP contribution in [0.5, 0.6) is 0 Å². The average Bonchev–Trinajstić information content (AvgIpc) is 2.46. The zero-order valence-corrected chi connectivity index (χ0v) is 13.0. The largest absolute Gasteiger partial charge is 0.378 e. The molecule has 1 rings (SSSR count). The Hall–Kier alpha value is -0.640. The molecular weight excluding hydrogens is 270 g/mol. The highest BCUT2D eigenvalue weighted by Crippen LogP contribution is 2.10. The van der Waals surface area contributed by atoms with Crippen molar-refractivity contribution in [3.05, 3.63) is 0 Å². The Kier molecular flexibility index (Phi) is 12.5. The van der Waals surface area contributed by atoms with Crippen LogP contribution in [0.1, 0.15) is 32.1 Å². The van der Waals surface area contributed by atoms with Crippen LogP contribution in [0, 0.1) is 11.8 Å². The molecule has 0 aliphatic heterocycles. The number of hydrogen-bond acceptors (Lipinski definition) is 5. The minimum Gasteiger partial charge on any atom is -0.378 e. The molecule has 0 aromatic carbocycles. The van der Waals surface area contributed by atoms with Gasteiger partial charge in [-0.3, -0.25) is 0 Å². The van der Waals surface area contributed by atoms with Gasteiger partial charge in [0.2, 0.25) is 0 Å². The lowest BCUT2D eigenvalue weighted by Gasteiger charge is -2.13. The third-order valence-corrected chi connectivity index (χ3v) is 3.08. The lowest BCUT2D eigenvalue weighted by molar-refractivity contribution is -0.00962. The second-order valence-corrected chi connectivity index (χ2v) is 4.91. The fourth-order valence-electron chi connectivity index (χ4n) is 1.98. The van der Waals surface area contributed by atoms with Crippen molar-refractivity contribution in [1.82, 2.24) is 0 Å². The zero-order valence-electron chi connectivity index (χ0n) is 13.0. The Bertz CT molecular complexity index is 288. The monoisotopic (exact) mass is 299 g/mol. The third kappa shape index (κ3) is 11.7. The van der Waals surface area contributed by atoms with Crippen LogP contribution in [0.25, 0.3) is 0 Å². The van der Waals surface area contributed by atoms with Gasteiger partial charge in [0, 0.05) is 13.0 Å². The van der Waals surface area contributed by atoms with Gasteiger partial charge in [-0.05, 0) is 19.3 Å². The lowest BCUT2D eigenvalue weighted by atomic mass is 10.1. The molecule has 0 amide bonds. The van der Waals surface area contributed by atoms with Crippen molar-refractivity contribution in [3.63, 3.8) is 0 Å². The van der Waals surface area contributed by atoms with Crippen molar-refractivity contribution in [1.29, 1.82) is 0 Å². The van der Waals surface area contributed by atoms with Crippen LogP contribution < -0.4 is 5.73 Å². The zero-order chi connectivity index (χ0) is 15.0. The van der Waals surface area contributed by atoms with Gasteiger partial charge in [-0.1, -0.05) is 12.3 Å². The van der Waals surface area contributed by atoms with Crippen molar-refractivity contribution in [2.45, 2.75) is 38.2 Å². The van der Waals surface area contributed by atoms with Crippen LogP contribution in [0.4, 0.5) is 0 Å². The topological polar surface area (TPSA) is 62.9 Å². The normalized spacial score (nSPS) is 18.6. The van der Waals surface area contributed by atoms with Crippen molar-refractivity contribution < 1.29 is 18.9 Å². The Balaban J connectivity index is 1.83. The van der Waals surface area contributed by atoms with Crippen LogP contribution in [0.2, 0.25) is 0 Å². The lowest BCUT2D eigenvalue weighted by Crippen LogP contribution is -2.17. The maximum absolute atomic E-state index is 5.72. The molecule has 2 N–H and O–H groups in total. The highest BCUT2D eigenvalue weighted by molar-refractivity contribution is 5.05. The molecule has 0 spiro atoms. The molecule has 0 saturated carbocycles. The molecule has 0 aromatic heterocycles. The van der Waals surface area contributed by atoms with E-state index in [2.05, 4.69) is 11.8 Å². The first kappa shape index (κ1) is 18.4. The molecule has 5 heteroatoms. The van der Waals surface area contributed by atoms with E-state index >= 15 is 0 Å². The number of hydrogen-bond donors (Lipinski definition) is 1. The second kappa shape index (κ2) is 14.3. The molecule has 122 valence electrons. The van der Waals surface area contributed by atoms with Crippen LogP contribution in [-0.4, -0.2) is 58.9 Å². The predicted molar refractivity (Wildman–Crippen MR) is 82.1 cm³/mol. The molecule has 0 saturated heterocycles. The summed E-state index contributed by atoms with van der Waals surface area (Å²) in [4.78, 5) is 0. The fraction of sp³-hybridized carbons (Fsp3) is 0.875. The Labute approximate surface area is 128 Å². The van der Waals surface area contributed by atoms with Crippen LogP contribution >= 0.6 is 0 Å². The maximum Gasteiger partial charge on any atom is 0.118 e. The summed E-state index contributed by atoms with van der Waals surface area (Å²) >= 11 is 0. The van der Waals surface area contributed by atoms with Gasteiger partial charge in [0.15, 0.2) is 0 Å². The van der Waals surface area contributed by atoms with E-state index in [1.54, 1.807) is 0 Å². The first-order chi connectivity index (χ1) is 10.4. The van der Waals surface area contributed by atoms with E-state index in [9.17, 15) is 0 Å². The summed E-state index contributed by atoms with van der Waals surface area (Å²) in [5, 5.41) is 0. The van der Waals surface area contributed by atoms with Gasteiger partial charge in [0.25, 0.3) is 0 Å². The van der Waals surface area contributed by atoms with E-state index in [1.165, 1.54) is 19.3 Å². The molecule has 0 bridgehead atoms. The summed E-state index contributed by atoms with van der Waals surface area (Å²) in [5.74, 6) is 6.35. The Morgan fingerprint density at radius 1 is 0.810 bits per heavy atom. The molecule has 1 unspecified atom stereocenters. The highest BCUT2D eigenvalue weighted by Gasteiger charge is 2.06. The van der Waals surface area contributed by atoms with Gasteiger partial charge < -0.3 is 24.7 Å². The van der Waals surface area contributed by atoms with E-state index in [0.29, 0.717) is 52.8 Å². The van der Waals surface area contributed by atoms with E-state index in [1.807, 2.05) is 0 Å². The highest BCUT2D eigenvalue weighted by atomic mass is 16.6. The summed E-state index contributed by atoms with van der Waals surface area (Å²) in [6.45, 7) is 4.64. The predicted octanol–water partition coefficient (Wildman–Crippen LogP) is 1.35. The van der Waals surface area contributed by atoms with E-state index in [0.717, 1.165) is 12.8 Å². The summed E-state index contributed by atoms with van der Waals surface area (Å²) in [6, 6.07) is 0. The van der Waals surface area contributed by atoms with Crippen molar-refractivity contribution >= 4 is 0 Å². The molecule has 1 aliphatic rings. The molecule has 0 heterocycles. The Morgan fingerprint density at radius 2 is 1.48 bits per heavy atom. The van der Waals surface area contributed by atoms with Crippen LogP contribution in [0.3, 0.4) is 0 Å². The summed E-state index contributed by atoms with van der Waals surface area (Å²) in [7, 11) is 0. The van der Waals surface area contributed by atoms with Crippen LogP contribution in [0.15, 0.2) is 0 Å². The smallest absolute Gasteiger partial charge is 0.118 e.